The zero-order valence-electron chi connectivity index (χ0n) is 10.3. The number of hydrogen-bond acceptors (Lipinski definition) is 4. The number of nitrogens with one attached hydrogen (secondary N) is 2. The fourth-order valence-corrected chi connectivity index (χ4v) is 1.77. The second-order valence-electron chi connectivity index (χ2n) is 4.02. The summed E-state index contributed by atoms with van der Waals surface area (Å²) in [5.74, 6) is -0.553. The summed E-state index contributed by atoms with van der Waals surface area (Å²) in [6.07, 6.45) is 1.61. The van der Waals surface area contributed by atoms with Gasteiger partial charge in [0.1, 0.15) is 6.20 Å². The van der Waals surface area contributed by atoms with Gasteiger partial charge in [-0.25, -0.2) is 0 Å². The SMILES string of the molecule is O=C(NCCc1ccc(Cl)cc1)c1[nH]ncc1[N+](=O)[O-]. The Bertz CT molecular complexity index is 624. The van der Waals surface area contributed by atoms with Gasteiger partial charge < -0.3 is 5.32 Å². The summed E-state index contributed by atoms with van der Waals surface area (Å²) >= 11 is 5.77. The molecule has 0 unspecified atom stereocenters. The van der Waals surface area contributed by atoms with Crippen molar-refractivity contribution in [3.8, 4) is 0 Å². The minimum Gasteiger partial charge on any atom is -0.350 e. The van der Waals surface area contributed by atoms with Crippen molar-refractivity contribution in [3.63, 3.8) is 0 Å². The van der Waals surface area contributed by atoms with Crippen LogP contribution in [-0.2, 0) is 6.42 Å². The first-order valence-corrected chi connectivity index (χ1v) is 6.16. The van der Waals surface area contributed by atoms with Crippen molar-refractivity contribution in [1.29, 1.82) is 0 Å². The highest BCUT2D eigenvalue weighted by atomic mass is 35.5. The zero-order chi connectivity index (χ0) is 14.5. The van der Waals surface area contributed by atoms with Gasteiger partial charge in [0.2, 0.25) is 5.69 Å². The van der Waals surface area contributed by atoms with Crippen LogP contribution in [0.2, 0.25) is 5.02 Å². The highest BCUT2D eigenvalue weighted by molar-refractivity contribution is 6.30. The summed E-state index contributed by atoms with van der Waals surface area (Å²) in [4.78, 5) is 21.8. The van der Waals surface area contributed by atoms with Crippen LogP contribution in [-0.4, -0.2) is 27.6 Å². The van der Waals surface area contributed by atoms with E-state index in [1.54, 1.807) is 12.1 Å². The van der Waals surface area contributed by atoms with Crippen LogP contribution in [0.15, 0.2) is 30.5 Å². The van der Waals surface area contributed by atoms with E-state index in [1.165, 1.54) is 0 Å². The Morgan fingerprint density at radius 2 is 2.10 bits per heavy atom. The molecule has 0 radical (unpaired) electrons. The third kappa shape index (κ3) is 3.33. The van der Waals surface area contributed by atoms with Gasteiger partial charge in [0.15, 0.2) is 0 Å². The fourth-order valence-electron chi connectivity index (χ4n) is 1.65. The quantitative estimate of drug-likeness (QED) is 0.650. The van der Waals surface area contributed by atoms with Crippen molar-refractivity contribution in [3.05, 3.63) is 56.9 Å². The lowest BCUT2D eigenvalue weighted by Gasteiger charge is -2.04. The van der Waals surface area contributed by atoms with E-state index in [-0.39, 0.29) is 11.4 Å². The number of carbonyl (C=O) groups is 1. The second-order valence-corrected chi connectivity index (χ2v) is 4.46. The van der Waals surface area contributed by atoms with Crippen LogP contribution in [0.4, 0.5) is 5.69 Å². The van der Waals surface area contributed by atoms with Crippen LogP contribution in [0.5, 0.6) is 0 Å². The van der Waals surface area contributed by atoms with Gasteiger partial charge in [0.25, 0.3) is 5.91 Å². The van der Waals surface area contributed by atoms with E-state index < -0.39 is 10.8 Å². The highest BCUT2D eigenvalue weighted by Crippen LogP contribution is 2.14. The third-order valence-electron chi connectivity index (χ3n) is 2.66. The van der Waals surface area contributed by atoms with Gasteiger partial charge in [-0.05, 0) is 24.1 Å². The summed E-state index contributed by atoms with van der Waals surface area (Å²) in [7, 11) is 0. The zero-order valence-corrected chi connectivity index (χ0v) is 11.1. The van der Waals surface area contributed by atoms with Crippen LogP contribution in [0.25, 0.3) is 0 Å². The maximum Gasteiger partial charge on any atom is 0.319 e. The number of nitrogens with zero attached hydrogens (tertiary/aromatic N) is 2. The smallest absolute Gasteiger partial charge is 0.319 e. The number of aromatic nitrogens is 2. The van der Waals surface area contributed by atoms with Crippen LogP contribution in [0, 0.1) is 10.1 Å². The molecular formula is C12H11ClN4O3. The maximum absolute atomic E-state index is 11.8. The first-order valence-electron chi connectivity index (χ1n) is 5.78. The van der Waals surface area contributed by atoms with Crippen molar-refractivity contribution in [1.82, 2.24) is 15.5 Å². The van der Waals surface area contributed by atoms with Gasteiger partial charge in [-0.1, -0.05) is 23.7 Å². The van der Waals surface area contributed by atoms with E-state index in [4.69, 9.17) is 11.6 Å². The van der Waals surface area contributed by atoms with Crippen LogP contribution >= 0.6 is 11.6 Å². The minimum absolute atomic E-state index is 0.147. The molecule has 1 amide bonds. The molecule has 7 nitrogen and oxygen atoms in total. The average molecular weight is 295 g/mol. The number of halogens is 1. The lowest BCUT2D eigenvalue weighted by atomic mass is 10.1. The molecule has 0 saturated heterocycles. The molecule has 0 spiro atoms. The maximum atomic E-state index is 11.8. The van der Waals surface area contributed by atoms with Gasteiger partial charge in [-0.15, -0.1) is 0 Å². The molecule has 0 saturated carbocycles. The predicted octanol–water partition coefficient (Wildman–Crippen LogP) is 1.94. The van der Waals surface area contributed by atoms with E-state index in [0.717, 1.165) is 11.8 Å². The molecule has 0 aliphatic heterocycles. The normalized spacial score (nSPS) is 10.2. The molecule has 0 bridgehead atoms. The Labute approximate surface area is 119 Å². The molecule has 1 aromatic heterocycles. The van der Waals surface area contributed by atoms with Crippen molar-refractivity contribution in [2.75, 3.05) is 6.54 Å². The van der Waals surface area contributed by atoms with E-state index in [1.807, 2.05) is 12.1 Å². The highest BCUT2D eigenvalue weighted by Gasteiger charge is 2.22. The van der Waals surface area contributed by atoms with Crippen LogP contribution < -0.4 is 5.32 Å². The summed E-state index contributed by atoms with van der Waals surface area (Å²) in [6, 6.07) is 7.23. The standard InChI is InChI=1S/C12H11ClN4O3/c13-9-3-1-8(2-4-9)5-6-14-12(18)11-10(17(19)20)7-15-16-11/h1-4,7H,5-6H2,(H,14,18)(H,15,16). The Kier molecular flexibility index (Phi) is 4.31. The average Bonchev–Trinajstić information content (AvgIpc) is 2.90. The summed E-state index contributed by atoms with van der Waals surface area (Å²) in [6.45, 7) is 0.358. The monoisotopic (exact) mass is 294 g/mol. The van der Waals surface area contributed by atoms with Crippen molar-refractivity contribution < 1.29 is 9.72 Å². The number of aromatic amines is 1. The number of H-pyrrole nitrogens is 1. The number of amides is 1. The molecule has 104 valence electrons. The third-order valence-corrected chi connectivity index (χ3v) is 2.91. The van der Waals surface area contributed by atoms with Gasteiger partial charge in [0.05, 0.1) is 4.92 Å². The van der Waals surface area contributed by atoms with Gasteiger partial charge in [-0.2, -0.15) is 5.10 Å². The number of rotatable bonds is 5. The molecule has 8 heteroatoms. The summed E-state index contributed by atoms with van der Waals surface area (Å²) < 4.78 is 0. The predicted molar refractivity (Wildman–Crippen MR) is 72.7 cm³/mol. The molecule has 2 N–H and O–H groups in total. The second kappa shape index (κ2) is 6.16. The number of nitro groups is 1. The topological polar surface area (TPSA) is 101 Å². The van der Waals surface area contributed by atoms with E-state index >= 15 is 0 Å². The number of benzene rings is 1. The lowest BCUT2D eigenvalue weighted by Crippen LogP contribution is -2.26. The number of hydrogen-bond donors (Lipinski definition) is 2. The van der Waals surface area contributed by atoms with Crippen LogP contribution in [0.1, 0.15) is 16.1 Å². The van der Waals surface area contributed by atoms with Crippen molar-refractivity contribution in [2.24, 2.45) is 0 Å². The Morgan fingerprint density at radius 3 is 2.75 bits per heavy atom. The van der Waals surface area contributed by atoms with Gasteiger partial charge >= 0.3 is 5.69 Å². The first kappa shape index (κ1) is 14.0. The van der Waals surface area contributed by atoms with E-state index in [9.17, 15) is 14.9 Å². The largest absolute Gasteiger partial charge is 0.350 e. The summed E-state index contributed by atoms with van der Waals surface area (Å²) in [5.41, 5.74) is 0.522. The number of carbonyl (C=O) groups excluding carboxylic acids is 1. The first-order chi connectivity index (χ1) is 9.58. The van der Waals surface area contributed by atoms with Crippen LogP contribution in [0.3, 0.4) is 0 Å². The van der Waals surface area contributed by atoms with E-state index in [0.29, 0.717) is 18.0 Å². The van der Waals surface area contributed by atoms with Crippen molar-refractivity contribution in [2.45, 2.75) is 6.42 Å². The van der Waals surface area contributed by atoms with Crippen molar-refractivity contribution >= 4 is 23.2 Å². The molecule has 2 rings (SSSR count). The molecule has 2 aromatic rings. The molecule has 20 heavy (non-hydrogen) atoms. The van der Waals surface area contributed by atoms with Gasteiger partial charge in [0, 0.05) is 11.6 Å². The molecule has 1 heterocycles. The Morgan fingerprint density at radius 1 is 1.40 bits per heavy atom. The van der Waals surface area contributed by atoms with Gasteiger partial charge in [-0.3, -0.25) is 20.0 Å². The summed E-state index contributed by atoms with van der Waals surface area (Å²) in [5, 5.41) is 19.7. The Balaban J connectivity index is 1.91. The molecular weight excluding hydrogens is 284 g/mol. The molecule has 0 aliphatic rings. The fraction of sp³-hybridized carbons (Fsp3) is 0.167. The molecule has 0 atom stereocenters. The molecule has 1 aromatic carbocycles. The molecule has 0 aliphatic carbocycles. The molecule has 0 fully saturated rings. The lowest BCUT2D eigenvalue weighted by molar-refractivity contribution is -0.385. The Hall–Kier alpha value is -2.41. The van der Waals surface area contributed by atoms with E-state index in [2.05, 4.69) is 15.5 Å². The minimum atomic E-state index is -0.655.